The Kier molecular flexibility index (Phi) is 7.63. The van der Waals surface area contributed by atoms with Gasteiger partial charge < -0.3 is 14.6 Å². The Morgan fingerprint density at radius 2 is 1.60 bits per heavy atom. The highest BCUT2D eigenvalue weighted by Gasteiger charge is 2.17. The summed E-state index contributed by atoms with van der Waals surface area (Å²) in [7, 11) is 3.23. The maximum atomic E-state index is 12.4. The van der Waals surface area contributed by atoms with E-state index in [0.717, 1.165) is 28.3 Å². The molecule has 0 radical (unpaired) electrons. The number of carbonyl (C=O) groups is 1. The number of nitrogens with one attached hydrogen (secondary N) is 1. The highest BCUT2D eigenvalue weighted by atomic mass is 32.2. The van der Waals surface area contributed by atoms with Crippen molar-refractivity contribution >= 4 is 23.9 Å². The average molecular weight is 490 g/mol. The number of hydrogen-bond acceptors (Lipinski definition) is 8. The Balaban J connectivity index is 1.52. The molecule has 0 atom stereocenters. The number of hydrogen-bond donors (Lipinski definition) is 2. The summed E-state index contributed by atoms with van der Waals surface area (Å²) in [6, 6.07) is 21.5. The number of benzene rings is 3. The average Bonchev–Trinajstić information content (AvgIpc) is 3.32. The zero-order chi connectivity index (χ0) is 24.6. The minimum Gasteiger partial charge on any atom is -0.508 e. The van der Waals surface area contributed by atoms with Crippen LogP contribution in [-0.2, 0) is 4.79 Å². The van der Waals surface area contributed by atoms with Crippen LogP contribution in [0.1, 0.15) is 5.56 Å². The van der Waals surface area contributed by atoms with E-state index in [-0.39, 0.29) is 17.4 Å². The van der Waals surface area contributed by atoms with Crippen LogP contribution in [0.15, 0.2) is 83.1 Å². The summed E-state index contributed by atoms with van der Waals surface area (Å²) < 4.78 is 12.4. The molecule has 178 valence electrons. The van der Waals surface area contributed by atoms with Gasteiger partial charge in [0, 0.05) is 11.3 Å². The summed E-state index contributed by atoms with van der Waals surface area (Å²) in [5.74, 6) is 2.06. The molecule has 1 heterocycles. The number of nitrogens with zero attached hydrogens (tertiary/aromatic N) is 4. The standard InChI is InChI=1S/C25H23N5O4S/c1-33-21-11-5-18(6-12-21)24-28-29-25(30(24)19-7-13-22(34-2)14-8-19)35-16-23(32)27-26-15-17-3-9-20(31)10-4-17/h3-15,31H,16H2,1-2H3,(H,27,32). The smallest absolute Gasteiger partial charge is 0.250 e. The van der Waals surface area contributed by atoms with Crippen molar-refractivity contribution in [1.82, 2.24) is 20.2 Å². The van der Waals surface area contributed by atoms with E-state index >= 15 is 0 Å². The molecule has 2 N–H and O–H groups in total. The minimum absolute atomic E-state index is 0.0871. The predicted molar refractivity (Wildman–Crippen MR) is 134 cm³/mol. The second-order valence-electron chi connectivity index (χ2n) is 7.24. The van der Waals surface area contributed by atoms with Gasteiger partial charge in [-0.25, -0.2) is 5.43 Å². The monoisotopic (exact) mass is 489 g/mol. The zero-order valence-corrected chi connectivity index (χ0v) is 19.9. The summed E-state index contributed by atoms with van der Waals surface area (Å²) in [4.78, 5) is 12.4. The molecular formula is C25H23N5O4S. The van der Waals surface area contributed by atoms with Gasteiger partial charge in [0.1, 0.15) is 17.2 Å². The van der Waals surface area contributed by atoms with E-state index in [1.807, 2.05) is 53.1 Å². The van der Waals surface area contributed by atoms with Gasteiger partial charge in [-0.1, -0.05) is 11.8 Å². The molecule has 0 aliphatic heterocycles. The van der Waals surface area contributed by atoms with E-state index in [0.29, 0.717) is 11.0 Å². The molecule has 35 heavy (non-hydrogen) atoms. The number of methoxy groups -OCH3 is 2. The Morgan fingerprint density at radius 3 is 2.23 bits per heavy atom. The highest BCUT2D eigenvalue weighted by molar-refractivity contribution is 7.99. The third kappa shape index (κ3) is 5.98. The van der Waals surface area contributed by atoms with Crippen molar-refractivity contribution in [3.63, 3.8) is 0 Å². The van der Waals surface area contributed by atoms with E-state index < -0.39 is 0 Å². The molecule has 0 bridgehead atoms. The van der Waals surface area contributed by atoms with Crippen LogP contribution in [0.3, 0.4) is 0 Å². The first-order valence-corrected chi connectivity index (χ1v) is 11.5. The molecule has 4 aromatic rings. The molecular weight excluding hydrogens is 466 g/mol. The van der Waals surface area contributed by atoms with Crippen molar-refractivity contribution in [2.24, 2.45) is 5.10 Å². The minimum atomic E-state index is -0.291. The lowest BCUT2D eigenvalue weighted by Crippen LogP contribution is -2.20. The predicted octanol–water partition coefficient (Wildman–Crippen LogP) is 3.90. The third-order valence-electron chi connectivity index (χ3n) is 4.94. The number of aromatic nitrogens is 3. The maximum absolute atomic E-state index is 12.4. The van der Waals surface area contributed by atoms with Crippen LogP contribution in [0, 0.1) is 0 Å². The van der Waals surface area contributed by atoms with Gasteiger partial charge in [-0.2, -0.15) is 5.10 Å². The van der Waals surface area contributed by atoms with Gasteiger partial charge in [-0.15, -0.1) is 10.2 Å². The number of ether oxygens (including phenoxy) is 2. The lowest BCUT2D eigenvalue weighted by Gasteiger charge is -2.11. The Hall–Kier alpha value is -4.31. The molecule has 3 aromatic carbocycles. The van der Waals surface area contributed by atoms with Gasteiger partial charge in [-0.05, 0) is 78.4 Å². The van der Waals surface area contributed by atoms with Crippen LogP contribution in [0.25, 0.3) is 17.1 Å². The first-order valence-electron chi connectivity index (χ1n) is 10.6. The first-order chi connectivity index (χ1) is 17.1. The number of phenols is 1. The van der Waals surface area contributed by atoms with Crippen LogP contribution in [0.2, 0.25) is 0 Å². The molecule has 1 amide bonds. The van der Waals surface area contributed by atoms with Crippen LogP contribution >= 0.6 is 11.8 Å². The van der Waals surface area contributed by atoms with Crippen molar-refractivity contribution in [3.05, 3.63) is 78.4 Å². The van der Waals surface area contributed by atoms with Crippen LogP contribution in [-0.4, -0.2) is 52.0 Å². The van der Waals surface area contributed by atoms with Crippen LogP contribution < -0.4 is 14.9 Å². The lowest BCUT2D eigenvalue weighted by molar-refractivity contribution is -0.118. The molecule has 4 rings (SSSR count). The fourth-order valence-electron chi connectivity index (χ4n) is 3.16. The second-order valence-corrected chi connectivity index (χ2v) is 8.18. The summed E-state index contributed by atoms with van der Waals surface area (Å²) in [6.07, 6.45) is 1.50. The first kappa shape index (κ1) is 23.8. The number of thioether (sulfide) groups is 1. The molecule has 0 aliphatic rings. The zero-order valence-electron chi connectivity index (χ0n) is 19.1. The fourth-order valence-corrected chi connectivity index (χ4v) is 3.90. The molecule has 1 aromatic heterocycles. The molecule has 0 saturated heterocycles. The van der Waals surface area contributed by atoms with Gasteiger partial charge >= 0.3 is 0 Å². The quantitative estimate of drug-likeness (QED) is 0.208. The molecule has 0 aliphatic carbocycles. The number of phenolic OH excluding ortho intramolecular Hbond substituents is 1. The number of amides is 1. The van der Waals surface area contributed by atoms with E-state index in [9.17, 15) is 9.90 Å². The SMILES string of the molecule is COc1ccc(-c2nnc(SCC(=O)NN=Cc3ccc(O)cc3)n2-c2ccc(OC)cc2)cc1. The van der Waals surface area contributed by atoms with Gasteiger partial charge in [0.25, 0.3) is 5.91 Å². The topological polar surface area (TPSA) is 111 Å². The number of rotatable bonds is 9. The molecule has 0 spiro atoms. The molecule has 10 heteroatoms. The summed E-state index contributed by atoms with van der Waals surface area (Å²) >= 11 is 1.25. The Morgan fingerprint density at radius 1 is 0.971 bits per heavy atom. The number of hydrazone groups is 1. The van der Waals surface area contributed by atoms with Gasteiger partial charge in [0.15, 0.2) is 11.0 Å². The van der Waals surface area contributed by atoms with Gasteiger partial charge in [-0.3, -0.25) is 9.36 Å². The van der Waals surface area contributed by atoms with Crippen LogP contribution in [0.5, 0.6) is 17.2 Å². The van der Waals surface area contributed by atoms with Crippen LogP contribution in [0.4, 0.5) is 0 Å². The van der Waals surface area contributed by atoms with Crippen molar-refractivity contribution in [2.75, 3.05) is 20.0 Å². The van der Waals surface area contributed by atoms with E-state index in [4.69, 9.17) is 9.47 Å². The largest absolute Gasteiger partial charge is 0.508 e. The summed E-state index contributed by atoms with van der Waals surface area (Å²) in [6.45, 7) is 0. The van der Waals surface area contributed by atoms with E-state index in [1.165, 1.54) is 18.0 Å². The molecule has 0 unspecified atom stereocenters. The van der Waals surface area contributed by atoms with Crippen molar-refractivity contribution in [2.45, 2.75) is 5.16 Å². The van der Waals surface area contributed by atoms with Crippen molar-refractivity contribution in [1.29, 1.82) is 0 Å². The second kappa shape index (κ2) is 11.2. The molecule has 0 saturated carbocycles. The summed E-state index contributed by atoms with van der Waals surface area (Å²) in [5, 5.41) is 22.6. The number of carbonyl (C=O) groups excluding carboxylic acids is 1. The Labute approximate surface area is 206 Å². The normalized spacial score (nSPS) is 10.9. The van der Waals surface area contributed by atoms with E-state index in [2.05, 4.69) is 20.7 Å². The third-order valence-corrected chi connectivity index (χ3v) is 5.87. The Bertz CT molecular complexity index is 1300. The lowest BCUT2D eigenvalue weighted by atomic mass is 10.2. The van der Waals surface area contributed by atoms with Gasteiger partial charge in [0.05, 0.1) is 26.2 Å². The van der Waals surface area contributed by atoms with Gasteiger partial charge in [0.2, 0.25) is 0 Å². The van der Waals surface area contributed by atoms with Crippen molar-refractivity contribution < 1.29 is 19.4 Å². The molecule has 9 nitrogen and oxygen atoms in total. The highest BCUT2D eigenvalue weighted by Crippen LogP contribution is 2.29. The maximum Gasteiger partial charge on any atom is 0.250 e. The van der Waals surface area contributed by atoms with E-state index in [1.54, 1.807) is 38.5 Å². The fraction of sp³-hybridized carbons (Fsp3) is 0.120. The van der Waals surface area contributed by atoms with Crippen molar-refractivity contribution in [3.8, 4) is 34.3 Å². The number of aromatic hydroxyl groups is 1. The molecule has 0 fully saturated rings. The summed E-state index contributed by atoms with van der Waals surface area (Å²) in [5.41, 5.74) is 4.93.